The number of aliphatic carboxylic acids is 1. The Morgan fingerprint density at radius 1 is 0.969 bits per heavy atom. The fourth-order valence-electron chi connectivity index (χ4n) is 4.14. The van der Waals surface area contributed by atoms with Crippen molar-refractivity contribution in [1.82, 2.24) is 0 Å². The smallest absolute Gasteiger partial charge is 0.303 e. The van der Waals surface area contributed by atoms with Crippen LogP contribution in [0.1, 0.15) is 116 Å². The van der Waals surface area contributed by atoms with E-state index < -0.39 is 11.8 Å². The molecule has 2 atom stereocenters. The quantitative estimate of drug-likeness (QED) is 0.275. The Morgan fingerprint density at radius 2 is 1.47 bits per heavy atom. The third-order valence-electron chi connectivity index (χ3n) is 6.61. The van der Waals surface area contributed by atoms with Gasteiger partial charge in [0, 0.05) is 26.4 Å². The number of rotatable bonds is 15. The summed E-state index contributed by atoms with van der Waals surface area (Å²) in [5.41, 5.74) is 1.27. The van der Waals surface area contributed by atoms with Crippen molar-refractivity contribution >= 4 is 5.97 Å². The van der Waals surface area contributed by atoms with E-state index in [-0.39, 0.29) is 0 Å². The maximum Gasteiger partial charge on any atom is 0.303 e. The van der Waals surface area contributed by atoms with Gasteiger partial charge >= 0.3 is 5.97 Å². The molecule has 0 radical (unpaired) electrons. The van der Waals surface area contributed by atoms with Crippen molar-refractivity contribution in [3.63, 3.8) is 0 Å². The first kappa shape index (κ1) is 28.5. The molecule has 184 valence electrons. The van der Waals surface area contributed by atoms with Gasteiger partial charge in [-0.3, -0.25) is 4.79 Å². The van der Waals surface area contributed by atoms with E-state index in [4.69, 9.17) is 14.6 Å². The zero-order valence-corrected chi connectivity index (χ0v) is 21.2. The number of methoxy groups -OCH3 is 1. The molecule has 4 heteroatoms. The molecule has 1 aromatic carbocycles. The highest BCUT2D eigenvalue weighted by Gasteiger charge is 2.37. The molecule has 32 heavy (non-hydrogen) atoms. The van der Waals surface area contributed by atoms with Crippen molar-refractivity contribution in [3.05, 3.63) is 29.8 Å². The predicted octanol–water partition coefficient (Wildman–Crippen LogP) is 8.17. The first-order valence-corrected chi connectivity index (χ1v) is 13.0. The Kier molecular flexibility index (Phi) is 15.1. The van der Waals surface area contributed by atoms with Gasteiger partial charge in [0.05, 0.1) is 0 Å². The lowest BCUT2D eigenvalue weighted by Crippen LogP contribution is -2.45. The monoisotopic (exact) mass is 448 g/mol. The van der Waals surface area contributed by atoms with Crippen molar-refractivity contribution in [2.24, 2.45) is 5.92 Å². The van der Waals surface area contributed by atoms with Crippen LogP contribution in [0.15, 0.2) is 24.3 Å². The number of carboxylic acids is 1. The minimum atomic E-state index is -0.655. The molecule has 4 nitrogen and oxygen atoms in total. The summed E-state index contributed by atoms with van der Waals surface area (Å²) in [5, 5.41) is 8.49. The minimum Gasteiger partial charge on any atom is -0.481 e. The van der Waals surface area contributed by atoms with E-state index in [0.29, 0.717) is 12.3 Å². The van der Waals surface area contributed by atoms with Crippen LogP contribution >= 0.6 is 0 Å². The number of carboxylic acid groups (broad SMARTS) is 1. The van der Waals surface area contributed by atoms with E-state index in [9.17, 15) is 4.79 Å². The number of unbranched alkanes of at least 4 members (excludes halogenated alkanes) is 12. The van der Waals surface area contributed by atoms with Crippen molar-refractivity contribution in [2.75, 3.05) is 7.11 Å². The van der Waals surface area contributed by atoms with Gasteiger partial charge in [-0.2, -0.15) is 0 Å². The van der Waals surface area contributed by atoms with Gasteiger partial charge in [-0.15, -0.1) is 0 Å². The number of ether oxygens (including phenoxy) is 2. The Bertz CT molecular complexity index is 615. The molecule has 0 bridgehead atoms. The topological polar surface area (TPSA) is 55.8 Å². The van der Waals surface area contributed by atoms with Crippen LogP contribution < -0.4 is 4.74 Å². The number of hydrogen-bond acceptors (Lipinski definition) is 3. The van der Waals surface area contributed by atoms with Gasteiger partial charge in [-0.25, -0.2) is 0 Å². The first-order chi connectivity index (χ1) is 15.4. The number of hydrogen-bond donors (Lipinski definition) is 1. The van der Waals surface area contributed by atoms with E-state index >= 15 is 0 Å². The average Bonchev–Trinajstić information content (AvgIpc) is 2.78. The summed E-state index contributed by atoms with van der Waals surface area (Å²) >= 11 is 0. The molecule has 1 heterocycles. The molecule has 1 aromatic rings. The maximum atomic E-state index is 10.3. The summed E-state index contributed by atoms with van der Waals surface area (Å²) in [6.07, 6.45) is 18.3. The Balaban J connectivity index is 0.000000328. The molecule has 1 aliphatic rings. The minimum absolute atomic E-state index is 0.345. The molecule has 0 amide bonds. The molecular weight excluding hydrogens is 400 g/mol. The van der Waals surface area contributed by atoms with Gasteiger partial charge < -0.3 is 14.6 Å². The number of para-hydroxylation sites is 1. The fraction of sp³-hybridized carbons (Fsp3) is 0.750. The normalized spacial score (nSPS) is 19.4. The highest BCUT2D eigenvalue weighted by molar-refractivity contribution is 5.66. The largest absolute Gasteiger partial charge is 0.481 e. The lowest BCUT2D eigenvalue weighted by molar-refractivity contribution is -0.190. The van der Waals surface area contributed by atoms with E-state index in [1.54, 1.807) is 7.11 Å². The van der Waals surface area contributed by atoms with Crippen molar-refractivity contribution in [3.8, 4) is 5.75 Å². The van der Waals surface area contributed by atoms with Crippen LogP contribution in [0, 0.1) is 5.92 Å². The van der Waals surface area contributed by atoms with E-state index in [1.165, 1.54) is 76.2 Å². The summed E-state index contributed by atoms with van der Waals surface area (Å²) in [7, 11) is 1.70. The van der Waals surface area contributed by atoms with Gasteiger partial charge in [-0.05, 0) is 24.5 Å². The van der Waals surface area contributed by atoms with Crippen LogP contribution in [-0.4, -0.2) is 24.0 Å². The summed E-state index contributed by atoms with van der Waals surface area (Å²) in [4.78, 5) is 10.3. The summed E-state index contributed by atoms with van der Waals surface area (Å²) in [6, 6.07) is 8.15. The molecule has 2 rings (SSSR count). The number of fused-ring (bicyclic) bond motifs is 1. The van der Waals surface area contributed by atoms with Crippen molar-refractivity contribution in [2.45, 2.75) is 123 Å². The Hall–Kier alpha value is -1.55. The Labute approximate surface area is 197 Å². The maximum absolute atomic E-state index is 10.3. The molecule has 1 N–H and O–H groups in total. The fourth-order valence-corrected chi connectivity index (χ4v) is 4.14. The second kappa shape index (κ2) is 17.0. The number of benzene rings is 1. The lowest BCUT2D eigenvalue weighted by Gasteiger charge is -2.39. The zero-order chi connectivity index (χ0) is 23.7. The molecule has 2 unspecified atom stereocenters. The van der Waals surface area contributed by atoms with Crippen molar-refractivity contribution < 1.29 is 19.4 Å². The van der Waals surface area contributed by atoms with Crippen LogP contribution in [0.5, 0.6) is 5.75 Å². The van der Waals surface area contributed by atoms with Crippen molar-refractivity contribution in [1.29, 1.82) is 0 Å². The molecule has 0 aromatic heterocycles. The molecular formula is C28H48O4. The summed E-state index contributed by atoms with van der Waals surface area (Å²) < 4.78 is 11.3. The summed E-state index contributed by atoms with van der Waals surface area (Å²) in [5.74, 6) is 0.198. The van der Waals surface area contributed by atoms with Crippen LogP contribution in [0.3, 0.4) is 0 Å². The van der Waals surface area contributed by atoms with E-state index in [1.807, 2.05) is 25.1 Å². The first-order valence-electron chi connectivity index (χ1n) is 13.0. The van der Waals surface area contributed by atoms with Gasteiger partial charge in [0.25, 0.3) is 0 Å². The molecule has 0 fully saturated rings. The second-order valence-corrected chi connectivity index (χ2v) is 9.42. The van der Waals surface area contributed by atoms with Gasteiger partial charge in [-0.1, -0.05) is 109 Å². The van der Waals surface area contributed by atoms with Gasteiger partial charge in [0.15, 0.2) is 0 Å². The third-order valence-corrected chi connectivity index (χ3v) is 6.61. The average molecular weight is 449 g/mol. The van der Waals surface area contributed by atoms with Crippen LogP contribution in [0.4, 0.5) is 0 Å². The highest BCUT2D eigenvalue weighted by atomic mass is 16.7. The molecule has 1 aliphatic heterocycles. The second-order valence-electron chi connectivity index (χ2n) is 9.42. The highest BCUT2D eigenvalue weighted by Crippen LogP contribution is 2.36. The van der Waals surface area contributed by atoms with E-state index in [2.05, 4.69) is 19.9 Å². The van der Waals surface area contributed by atoms with Crippen LogP contribution in [-0.2, 0) is 16.0 Å². The molecule has 0 spiro atoms. The van der Waals surface area contributed by atoms with Gasteiger partial charge in [0.1, 0.15) is 5.75 Å². The zero-order valence-electron chi connectivity index (χ0n) is 21.2. The lowest BCUT2D eigenvalue weighted by atomic mass is 9.90. The predicted molar refractivity (Wildman–Crippen MR) is 133 cm³/mol. The Morgan fingerprint density at radius 3 is 1.97 bits per heavy atom. The van der Waals surface area contributed by atoms with Crippen LogP contribution in [0.25, 0.3) is 0 Å². The number of carbonyl (C=O) groups is 1. The van der Waals surface area contributed by atoms with Crippen LogP contribution in [0.2, 0.25) is 0 Å². The molecule has 0 saturated heterocycles. The SMILES string of the molecule is CCCCCCCCCCCCCCCC(=O)O.COC1(C)Oc2ccccc2CC1C. The third kappa shape index (κ3) is 11.9. The van der Waals surface area contributed by atoms with Gasteiger partial charge in [0.2, 0.25) is 5.79 Å². The molecule has 0 saturated carbocycles. The summed E-state index contributed by atoms with van der Waals surface area (Å²) in [6.45, 7) is 6.41. The molecule has 0 aliphatic carbocycles. The standard InChI is InChI=1S/C16H32O2.C12H16O2/c1-2-3-4-5-6-7-8-9-10-11-12-13-14-15-16(17)18;1-9-8-10-6-4-5-7-11(10)14-12(9,2)13-3/h2-15H2,1H3,(H,17,18);4-7,9H,8H2,1-3H3. The van der Waals surface area contributed by atoms with E-state index in [0.717, 1.165) is 25.0 Å².